The number of amides is 2. The minimum absolute atomic E-state index is 0.00743. The molecular formula is C22H19N3O5S. The largest absolute Gasteiger partial charge is 0.496 e. The molecule has 2 heterocycles. The van der Waals surface area contributed by atoms with Crippen LogP contribution in [0.5, 0.6) is 5.75 Å². The molecule has 0 saturated carbocycles. The summed E-state index contributed by atoms with van der Waals surface area (Å²) < 4.78 is 33.4. The number of ether oxygens (including phenoxy) is 1. The van der Waals surface area contributed by atoms with Crippen LogP contribution in [0.15, 0.2) is 65.8 Å². The Morgan fingerprint density at radius 2 is 1.71 bits per heavy atom. The standard InChI is InChI=1S/C22H19N3O5S/c1-14-5-7-16(8-6-14)31(28,29)24-17-9-10-18(30-2)20-19(17)21(26)25(22(20)27)13-15-4-3-11-23-12-15/h3-12,24H,13H2,1-2H3. The van der Waals surface area contributed by atoms with Crippen LogP contribution in [0.2, 0.25) is 0 Å². The van der Waals surface area contributed by atoms with Crippen LogP contribution in [0.1, 0.15) is 31.8 Å². The first-order valence-electron chi connectivity index (χ1n) is 9.37. The first-order chi connectivity index (χ1) is 14.8. The number of methoxy groups -OCH3 is 1. The fourth-order valence-corrected chi connectivity index (χ4v) is 4.45. The molecule has 1 aliphatic heterocycles. The summed E-state index contributed by atoms with van der Waals surface area (Å²) >= 11 is 0. The van der Waals surface area contributed by atoms with E-state index in [1.807, 2.05) is 6.92 Å². The Morgan fingerprint density at radius 1 is 1.00 bits per heavy atom. The highest BCUT2D eigenvalue weighted by atomic mass is 32.2. The van der Waals surface area contributed by atoms with Crippen LogP contribution in [0.25, 0.3) is 0 Å². The Hall–Kier alpha value is -3.72. The lowest BCUT2D eigenvalue weighted by Gasteiger charge is -2.14. The van der Waals surface area contributed by atoms with Gasteiger partial charge >= 0.3 is 0 Å². The highest BCUT2D eigenvalue weighted by Crippen LogP contribution is 2.37. The number of aromatic nitrogens is 1. The van der Waals surface area contributed by atoms with Crippen LogP contribution in [0.4, 0.5) is 5.69 Å². The van der Waals surface area contributed by atoms with Crippen molar-refractivity contribution in [2.45, 2.75) is 18.4 Å². The Bertz CT molecular complexity index is 1270. The third-order valence-electron chi connectivity index (χ3n) is 4.94. The van der Waals surface area contributed by atoms with Crippen LogP contribution in [-0.4, -0.2) is 37.2 Å². The molecule has 0 bridgehead atoms. The zero-order valence-corrected chi connectivity index (χ0v) is 17.6. The first kappa shape index (κ1) is 20.5. The van der Waals surface area contributed by atoms with Crippen molar-refractivity contribution in [3.63, 3.8) is 0 Å². The normalized spacial score (nSPS) is 13.3. The molecule has 1 aromatic heterocycles. The lowest BCUT2D eigenvalue weighted by molar-refractivity contribution is 0.0641. The fourth-order valence-electron chi connectivity index (χ4n) is 3.37. The number of rotatable bonds is 6. The second-order valence-electron chi connectivity index (χ2n) is 7.04. The van der Waals surface area contributed by atoms with E-state index in [-0.39, 0.29) is 34.0 Å². The molecule has 9 heteroatoms. The molecule has 0 aliphatic carbocycles. The number of pyridine rings is 1. The minimum Gasteiger partial charge on any atom is -0.496 e. The zero-order chi connectivity index (χ0) is 22.2. The predicted octanol–water partition coefficient (Wildman–Crippen LogP) is 3.00. The van der Waals surface area contributed by atoms with Gasteiger partial charge in [0.15, 0.2) is 0 Å². The highest BCUT2D eigenvalue weighted by Gasteiger charge is 2.41. The number of nitrogens with one attached hydrogen (secondary N) is 1. The highest BCUT2D eigenvalue weighted by molar-refractivity contribution is 7.92. The van der Waals surface area contributed by atoms with Gasteiger partial charge in [0.05, 0.1) is 35.4 Å². The fraction of sp³-hybridized carbons (Fsp3) is 0.136. The van der Waals surface area contributed by atoms with E-state index < -0.39 is 21.8 Å². The van der Waals surface area contributed by atoms with Crippen LogP contribution in [0, 0.1) is 6.92 Å². The molecule has 0 fully saturated rings. The molecule has 2 aromatic carbocycles. The van der Waals surface area contributed by atoms with E-state index in [4.69, 9.17) is 4.74 Å². The molecule has 0 saturated heterocycles. The van der Waals surface area contributed by atoms with Gasteiger partial charge in [-0.25, -0.2) is 8.42 Å². The second-order valence-corrected chi connectivity index (χ2v) is 8.72. The summed E-state index contributed by atoms with van der Waals surface area (Å²) in [4.78, 5) is 31.3. The summed E-state index contributed by atoms with van der Waals surface area (Å²) in [6.45, 7) is 1.86. The van der Waals surface area contributed by atoms with Crippen molar-refractivity contribution >= 4 is 27.5 Å². The summed E-state index contributed by atoms with van der Waals surface area (Å²) in [7, 11) is -2.59. The number of carbonyl (C=O) groups is 2. The molecule has 8 nitrogen and oxygen atoms in total. The predicted molar refractivity (Wildman–Crippen MR) is 113 cm³/mol. The van der Waals surface area contributed by atoms with E-state index in [2.05, 4.69) is 9.71 Å². The molecule has 158 valence electrons. The second kappa shape index (κ2) is 7.84. The van der Waals surface area contributed by atoms with E-state index in [9.17, 15) is 18.0 Å². The Morgan fingerprint density at radius 3 is 2.35 bits per heavy atom. The van der Waals surface area contributed by atoms with E-state index >= 15 is 0 Å². The van der Waals surface area contributed by atoms with Crippen molar-refractivity contribution in [1.82, 2.24) is 9.88 Å². The number of hydrogen-bond acceptors (Lipinski definition) is 6. The molecule has 31 heavy (non-hydrogen) atoms. The summed E-state index contributed by atoms with van der Waals surface area (Å²) in [5.74, 6) is -0.971. The molecule has 0 unspecified atom stereocenters. The summed E-state index contributed by atoms with van der Waals surface area (Å²) in [6.07, 6.45) is 3.15. The van der Waals surface area contributed by atoms with Crippen LogP contribution < -0.4 is 9.46 Å². The van der Waals surface area contributed by atoms with Gasteiger partial charge in [-0.1, -0.05) is 23.8 Å². The molecule has 0 radical (unpaired) electrons. The molecule has 1 N–H and O–H groups in total. The van der Waals surface area contributed by atoms with Crippen molar-refractivity contribution in [3.8, 4) is 5.75 Å². The molecule has 0 spiro atoms. The minimum atomic E-state index is -3.97. The summed E-state index contributed by atoms with van der Waals surface area (Å²) in [5.41, 5.74) is 1.58. The topological polar surface area (TPSA) is 106 Å². The number of aryl methyl sites for hydroxylation is 1. The van der Waals surface area contributed by atoms with Gasteiger partial charge in [-0.3, -0.25) is 24.2 Å². The van der Waals surface area contributed by atoms with Gasteiger partial charge in [0, 0.05) is 12.4 Å². The van der Waals surface area contributed by atoms with Crippen LogP contribution in [0.3, 0.4) is 0 Å². The number of imide groups is 1. The van der Waals surface area contributed by atoms with Gasteiger partial charge in [-0.05, 0) is 42.8 Å². The Labute approximate surface area is 179 Å². The SMILES string of the molecule is COc1ccc(NS(=O)(=O)c2ccc(C)cc2)c2c1C(=O)N(Cc1cccnc1)C2=O. The van der Waals surface area contributed by atoms with Crippen molar-refractivity contribution in [3.05, 3.63) is 83.2 Å². The third kappa shape index (κ3) is 3.75. The van der Waals surface area contributed by atoms with E-state index in [0.717, 1.165) is 10.5 Å². The van der Waals surface area contributed by atoms with Gasteiger partial charge in [0.1, 0.15) is 5.75 Å². The van der Waals surface area contributed by atoms with Crippen molar-refractivity contribution in [2.75, 3.05) is 11.8 Å². The zero-order valence-electron chi connectivity index (χ0n) is 16.8. The third-order valence-corrected chi connectivity index (χ3v) is 6.33. The lowest BCUT2D eigenvalue weighted by Crippen LogP contribution is -2.29. The van der Waals surface area contributed by atoms with Gasteiger partial charge in [-0.2, -0.15) is 0 Å². The van der Waals surface area contributed by atoms with Gasteiger partial charge in [0.2, 0.25) is 0 Å². The summed E-state index contributed by atoms with van der Waals surface area (Å²) in [5, 5.41) is 0. The van der Waals surface area contributed by atoms with Crippen molar-refractivity contribution in [2.24, 2.45) is 0 Å². The van der Waals surface area contributed by atoms with Crippen LogP contribution >= 0.6 is 0 Å². The lowest BCUT2D eigenvalue weighted by atomic mass is 10.1. The van der Waals surface area contributed by atoms with Crippen molar-refractivity contribution < 1.29 is 22.7 Å². The maximum absolute atomic E-state index is 13.2. The van der Waals surface area contributed by atoms with Gasteiger partial charge in [0.25, 0.3) is 21.8 Å². The van der Waals surface area contributed by atoms with Crippen LogP contribution in [-0.2, 0) is 16.6 Å². The maximum Gasteiger partial charge on any atom is 0.265 e. The quantitative estimate of drug-likeness (QED) is 0.595. The average molecular weight is 437 g/mol. The van der Waals surface area contributed by atoms with Gasteiger partial charge in [-0.15, -0.1) is 0 Å². The van der Waals surface area contributed by atoms with Crippen molar-refractivity contribution in [1.29, 1.82) is 0 Å². The van der Waals surface area contributed by atoms with E-state index in [1.165, 1.54) is 31.4 Å². The van der Waals surface area contributed by atoms with E-state index in [1.54, 1.807) is 36.7 Å². The number of anilines is 1. The smallest absolute Gasteiger partial charge is 0.265 e. The van der Waals surface area contributed by atoms with E-state index in [0.29, 0.717) is 5.56 Å². The number of sulfonamides is 1. The molecule has 1 aliphatic rings. The number of hydrogen-bond donors (Lipinski definition) is 1. The average Bonchev–Trinajstić information content (AvgIpc) is 3.01. The number of nitrogens with zero attached hydrogens (tertiary/aromatic N) is 2. The Balaban J connectivity index is 1.74. The molecule has 3 aromatic rings. The number of benzene rings is 2. The monoisotopic (exact) mass is 437 g/mol. The maximum atomic E-state index is 13.2. The molecule has 0 atom stereocenters. The first-order valence-corrected chi connectivity index (χ1v) is 10.9. The molecule has 2 amide bonds. The van der Waals surface area contributed by atoms with Gasteiger partial charge < -0.3 is 4.74 Å². The Kier molecular flexibility index (Phi) is 5.20. The summed E-state index contributed by atoms with van der Waals surface area (Å²) in [6, 6.07) is 12.6. The molecular weight excluding hydrogens is 418 g/mol. The molecule has 4 rings (SSSR count). The number of carbonyl (C=O) groups excluding carboxylic acids is 2. The number of fused-ring (bicyclic) bond motifs is 1.